The number of carbonyl (C=O) groups excluding carboxylic acids is 1. The summed E-state index contributed by atoms with van der Waals surface area (Å²) in [6.45, 7) is 2.38. The highest BCUT2D eigenvalue weighted by atomic mass is 79.9. The lowest BCUT2D eigenvalue weighted by Crippen LogP contribution is -2.38. The van der Waals surface area contributed by atoms with Crippen LogP contribution in [0.1, 0.15) is 62.2 Å². The van der Waals surface area contributed by atoms with E-state index < -0.39 is 0 Å². The van der Waals surface area contributed by atoms with Crippen molar-refractivity contribution in [3.63, 3.8) is 0 Å². The van der Waals surface area contributed by atoms with Gasteiger partial charge in [-0.15, -0.1) is 0 Å². The first kappa shape index (κ1) is 18.8. The second-order valence-electron chi connectivity index (χ2n) is 6.04. The molecule has 0 atom stereocenters. The Labute approximate surface area is 152 Å². The van der Waals surface area contributed by atoms with Gasteiger partial charge in [0.1, 0.15) is 5.75 Å². The number of nitrogens with two attached hydrogens (primary N) is 1. The Balaban J connectivity index is 2.04. The Morgan fingerprint density at radius 1 is 1.29 bits per heavy atom. The van der Waals surface area contributed by atoms with Gasteiger partial charge in [0.15, 0.2) is 5.96 Å². The zero-order valence-corrected chi connectivity index (χ0v) is 15.8. The van der Waals surface area contributed by atoms with Crippen molar-refractivity contribution in [3.8, 4) is 5.75 Å². The molecule has 0 unspecified atom stereocenters. The van der Waals surface area contributed by atoms with Gasteiger partial charge in [-0.2, -0.15) is 0 Å². The summed E-state index contributed by atoms with van der Waals surface area (Å²) in [6, 6.07) is 5.54. The second kappa shape index (κ2) is 9.67. The minimum Gasteiger partial charge on any atom is -0.493 e. The summed E-state index contributed by atoms with van der Waals surface area (Å²) >= 11 is 3.38. The normalized spacial score (nSPS) is 17.0. The quantitative estimate of drug-likeness (QED) is 0.597. The van der Waals surface area contributed by atoms with Crippen molar-refractivity contribution in [2.75, 3.05) is 6.61 Å². The summed E-state index contributed by atoms with van der Waals surface area (Å²) in [5, 5.41) is 2.69. The highest BCUT2D eigenvalue weighted by Gasteiger charge is 2.16. The molecule has 1 fully saturated rings. The van der Waals surface area contributed by atoms with Gasteiger partial charge in [0, 0.05) is 4.47 Å². The molecular formula is C18H26BrN3O2. The molecule has 0 heterocycles. The van der Waals surface area contributed by atoms with E-state index in [0.717, 1.165) is 17.3 Å². The molecule has 0 bridgehead atoms. The van der Waals surface area contributed by atoms with Gasteiger partial charge in [-0.05, 0) is 38.0 Å². The third-order valence-corrected chi connectivity index (χ3v) is 4.62. The Morgan fingerprint density at radius 3 is 2.62 bits per heavy atom. The van der Waals surface area contributed by atoms with Gasteiger partial charge in [0.25, 0.3) is 5.91 Å². The first-order chi connectivity index (χ1) is 11.6. The maximum atomic E-state index is 12.5. The molecule has 2 rings (SSSR count). The largest absolute Gasteiger partial charge is 0.493 e. The average molecular weight is 396 g/mol. The van der Waals surface area contributed by atoms with E-state index >= 15 is 0 Å². The molecule has 1 aliphatic carbocycles. The van der Waals surface area contributed by atoms with Crippen LogP contribution in [-0.4, -0.2) is 24.5 Å². The first-order valence-electron chi connectivity index (χ1n) is 8.67. The molecule has 1 aromatic rings. The third-order valence-electron chi connectivity index (χ3n) is 4.12. The molecule has 5 nitrogen and oxygen atoms in total. The van der Waals surface area contributed by atoms with E-state index in [1.807, 2.05) is 13.0 Å². The molecule has 6 heteroatoms. The molecule has 24 heavy (non-hydrogen) atoms. The van der Waals surface area contributed by atoms with Gasteiger partial charge in [-0.1, -0.05) is 48.0 Å². The Kier molecular flexibility index (Phi) is 7.56. The third kappa shape index (κ3) is 5.82. The van der Waals surface area contributed by atoms with Crippen LogP contribution in [0.25, 0.3) is 0 Å². The van der Waals surface area contributed by atoms with E-state index in [4.69, 9.17) is 10.5 Å². The van der Waals surface area contributed by atoms with Crippen LogP contribution in [0.15, 0.2) is 27.7 Å². The molecule has 0 spiro atoms. The summed E-state index contributed by atoms with van der Waals surface area (Å²) in [6.07, 6.45) is 8.26. The number of amides is 1. The molecule has 0 aromatic heterocycles. The number of hydrogen-bond acceptors (Lipinski definition) is 3. The van der Waals surface area contributed by atoms with Gasteiger partial charge in [-0.3, -0.25) is 10.1 Å². The lowest BCUT2D eigenvalue weighted by molar-refractivity contribution is 0.0972. The SMILES string of the molecule is CCOc1ccc(Br)cc1C(=O)NC(N)=NC1CCCCCCC1. The predicted octanol–water partition coefficient (Wildman–Crippen LogP) is 4.01. The number of nitrogens with one attached hydrogen (secondary N) is 1. The van der Waals surface area contributed by atoms with E-state index in [2.05, 4.69) is 26.2 Å². The zero-order chi connectivity index (χ0) is 17.4. The Bertz CT molecular complexity index is 582. The predicted molar refractivity (Wildman–Crippen MR) is 101 cm³/mol. The van der Waals surface area contributed by atoms with Crippen molar-refractivity contribution in [2.24, 2.45) is 10.7 Å². The Morgan fingerprint density at radius 2 is 1.96 bits per heavy atom. The summed E-state index contributed by atoms with van der Waals surface area (Å²) in [4.78, 5) is 17.0. The lowest BCUT2D eigenvalue weighted by Gasteiger charge is -2.17. The van der Waals surface area contributed by atoms with Crippen molar-refractivity contribution in [2.45, 2.75) is 57.9 Å². The number of hydrogen-bond donors (Lipinski definition) is 2. The molecule has 1 saturated carbocycles. The maximum absolute atomic E-state index is 12.5. The highest BCUT2D eigenvalue weighted by Crippen LogP contribution is 2.23. The van der Waals surface area contributed by atoms with Crippen molar-refractivity contribution >= 4 is 27.8 Å². The molecule has 0 aliphatic heterocycles. The fourth-order valence-corrected chi connectivity index (χ4v) is 3.30. The second-order valence-corrected chi connectivity index (χ2v) is 6.96. The molecule has 1 aliphatic rings. The van der Waals surface area contributed by atoms with E-state index in [0.29, 0.717) is 17.9 Å². The number of aliphatic imine (C=N–C) groups is 1. The molecule has 0 saturated heterocycles. The van der Waals surface area contributed by atoms with Crippen LogP contribution in [-0.2, 0) is 0 Å². The molecule has 3 N–H and O–H groups in total. The van der Waals surface area contributed by atoms with Crippen molar-refractivity contribution < 1.29 is 9.53 Å². The Hall–Kier alpha value is -1.56. The van der Waals surface area contributed by atoms with Crippen LogP contribution in [0.2, 0.25) is 0 Å². The zero-order valence-electron chi connectivity index (χ0n) is 14.2. The number of halogens is 1. The number of carbonyl (C=O) groups is 1. The van der Waals surface area contributed by atoms with Crippen molar-refractivity contribution in [3.05, 3.63) is 28.2 Å². The molecule has 1 amide bonds. The summed E-state index contributed by atoms with van der Waals surface area (Å²) in [5.74, 6) is 0.428. The number of guanidine groups is 1. The van der Waals surface area contributed by atoms with Crippen LogP contribution in [0.4, 0.5) is 0 Å². The van der Waals surface area contributed by atoms with Crippen LogP contribution in [0.3, 0.4) is 0 Å². The standard InChI is InChI=1S/C18H26BrN3O2/c1-2-24-16-11-10-13(19)12-15(16)17(23)22-18(20)21-14-8-6-4-3-5-7-9-14/h10-12,14H,2-9H2,1H3,(H3,20,21,22,23). The van der Waals surface area contributed by atoms with Crippen molar-refractivity contribution in [1.82, 2.24) is 5.32 Å². The fourth-order valence-electron chi connectivity index (χ4n) is 2.94. The average Bonchev–Trinajstić information content (AvgIpc) is 2.51. The van der Waals surface area contributed by atoms with Crippen LogP contribution < -0.4 is 15.8 Å². The highest BCUT2D eigenvalue weighted by molar-refractivity contribution is 9.10. The van der Waals surface area contributed by atoms with E-state index in [1.165, 1.54) is 32.1 Å². The summed E-state index contributed by atoms with van der Waals surface area (Å²) < 4.78 is 6.32. The van der Waals surface area contributed by atoms with Gasteiger partial charge in [-0.25, -0.2) is 4.99 Å². The molecule has 1 aromatic carbocycles. The van der Waals surface area contributed by atoms with E-state index in [-0.39, 0.29) is 17.9 Å². The van der Waals surface area contributed by atoms with Crippen LogP contribution >= 0.6 is 15.9 Å². The lowest BCUT2D eigenvalue weighted by atomic mass is 9.97. The number of ether oxygens (including phenoxy) is 1. The minimum absolute atomic E-state index is 0.188. The molecule has 0 radical (unpaired) electrons. The maximum Gasteiger partial charge on any atom is 0.261 e. The fraction of sp³-hybridized carbons (Fsp3) is 0.556. The minimum atomic E-state index is -0.299. The molecule has 132 valence electrons. The van der Waals surface area contributed by atoms with Gasteiger partial charge in [0.2, 0.25) is 0 Å². The van der Waals surface area contributed by atoms with E-state index in [9.17, 15) is 4.79 Å². The van der Waals surface area contributed by atoms with Gasteiger partial charge in [0.05, 0.1) is 18.2 Å². The number of nitrogens with zero attached hydrogens (tertiary/aromatic N) is 1. The smallest absolute Gasteiger partial charge is 0.261 e. The number of rotatable bonds is 4. The van der Waals surface area contributed by atoms with Crippen LogP contribution in [0, 0.1) is 0 Å². The monoisotopic (exact) mass is 395 g/mol. The first-order valence-corrected chi connectivity index (χ1v) is 9.46. The summed E-state index contributed by atoms with van der Waals surface area (Å²) in [5.41, 5.74) is 6.41. The topological polar surface area (TPSA) is 76.7 Å². The van der Waals surface area contributed by atoms with Crippen molar-refractivity contribution in [1.29, 1.82) is 0 Å². The van der Waals surface area contributed by atoms with E-state index in [1.54, 1.807) is 12.1 Å². The summed E-state index contributed by atoms with van der Waals surface area (Å²) in [7, 11) is 0. The van der Waals surface area contributed by atoms with Gasteiger partial charge >= 0.3 is 0 Å². The molecular weight excluding hydrogens is 370 g/mol. The van der Waals surface area contributed by atoms with Gasteiger partial charge < -0.3 is 10.5 Å². The van der Waals surface area contributed by atoms with Crippen LogP contribution in [0.5, 0.6) is 5.75 Å². The number of benzene rings is 1.